The lowest BCUT2D eigenvalue weighted by Gasteiger charge is -1.98. The van der Waals surface area contributed by atoms with Gasteiger partial charge in [0.2, 0.25) is 0 Å². The normalized spacial score (nSPS) is 10.8. The molecule has 0 bridgehead atoms. The summed E-state index contributed by atoms with van der Waals surface area (Å²) in [6.45, 7) is 0. The van der Waals surface area contributed by atoms with Gasteiger partial charge in [-0.2, -0.15) is 4.98 Å². The van der Waals surface area contributed by atoms with Crippen molar-refractivity contribution in [3.63, 3.8) is 0 Å². The average molecular weight is 304 g/mol. The van der Waals surface area contributed by atoms with Crippen LogP contribution < -0.4 is 5.73 Å². The van der Waals surface area contributed by atoms with Gasteiger partial charge in [-0.1, -0.05) is 28.9 Å². The Bertz CT molecular complexity index is 771. The highest BCUT2D eigenvalue weighted by atomic mass is 35.5. The molecule has 2 N–H and O–H groups in total. The SMILES string of the molecule is Nc1ccc(-c2nc(Cc3ccc(Cl)cc3)no2)c(F)c1. The van der Waals surface area contributed by atoms with E-state index < -0.39 is 5.82 Å². The largest absolute Gasteiger partial charge is 0.399 e. The van der Waals surface area contributed by atoms with Gasteiger partial charge in [0.05, 0.1) is 5.56 Å². The molecule has 0 unspecified atom stereocenters. The number of rotatable bonds is 3. The number of hydrogen-bond donors (Lipinski definition) is 1. The van der Waals surface area contributed by atoms with E-state index in [0.717, 1.165) is 5.56 Å². The van der Waals surface area contributed by atoms with Crippen LogP contribution in [-0.2, 0) is 6.42 Å². The van der Waals surface area contributed by atoms with Crippen LogP contribution in [0.2, 0.25) is 5.02 Å². The number of nitrogen functional groups attached to an aromatic ring is 1. The van der Waals surface area contributed by atoms with Gasteiger partial charge in [0.25, 0.3) is 5.89 Å². The van der Waals surface area contributed by atoms with Crippen LogP contribution in [0.25, 0.3) is 11.5 Å². The third kappa shape index (κ3) is 3.03. The third-order valence-corrected chi connectivity index (χ3v) is 3.22. The standard InChI is InChI=1S/C15H11ClFN3O/c16-10-3-1-9(2-4-10)7-14-19-15(21-20-14)12-6-5-11(18)8-13(12)17/h1-6,8H,7,18H2. The average Bonchev–Trinajstić information content (AvgIpc) is 2.90. The molecule has 4 nitrogen and oxygen atoms in total. The van der Waals surface area contributed by atoms with E-state index in [1.54, 1.807) is 18.2 Å². The first-order chi connectivity index (χ1) is 10.1. The number of hydrogen-bond acceptors (Lipinski definition) is 4. The number of nitrogens with two attached hydrogens (primary N) is 1. The summed E-state index contributed by atoms with van der Waals surface area (Å²) < 4.78 is 18.9. The summed E-state index contributed by atoms with van der Waals surface area (Å²) in [5.74, 6) is 0.122. The van der Waals surface area contributed by atoms with Crippen molar-refractivity contribution < 1.29 is 8.91 Å². The van der Waals surface area contributed by atoms with E-state index in [4.69, 9.17) is 21.9 Å². The van der Waals surface area contributed by atoms with Gasteiger partial charge >= 0.3 is 0 Å². The van der Waals surface area contributed by atoms with E-state index in [2.05, 4.69) is 10.1 Å². The van der Waals surface area contributed by atoms with Gasteiger partial charge in [0.15, 0.2) is 5.82 Å². The molecule has 21 heavy (non-hydrogen) atoms. The van der Waals surface area contributed by atoms with Crippen LogP contribution in [0.4, 0.5) is 10.1 Å². The number of nitrogens with zero attached hydrogens (tertiary/aromatic N) is 2. The second-order valence-electron chi connectivity index (χ2n) is 4.56. The van der Waals surface area contributed by atoms with Crippen molar-refractivity contribution in [1.29, 1.82) is 0 Å². The van der Waals surface area contributed by atoms with Gasteiger partial charge in [-0.25, -0.2) is 4.39 Å². The van der Waals surface area contributed by atoms with Crippen LogP contribution in [0.3, 0.4) is 0 Å². The fourth-order valence-electron chi connectivity index (χ4n) is 1.92. The van der Waals surface area contributed by atoms with E-state index in [9.17, 15) is 4.39 Å². The molecule has 1 aromatic heterocycles. The zero-order valence-corrected chi connectivity index (χ0v) is 11.6. The smallest absolute Gasteiger partial charge is 0.260 e. The van der Waals surface area contributed by atoms with Crippen LogP contribution in [0.1, 0.15) is 11.4 Å². The summed E-state index contributed by atoms with van der Waals surface area (Å²) in [5, 5.41) is 4.52. The summed E-state index contributed by atoms with van der Waals surface area (Å²) in [7, 11) is 0. The molecule has 0 saturated heterocycles. The fourth-order valence-corrected chi connectivity index (χ4v) is 2.05. The molecule has 106 valence electrons. The Morgan fingerprint density at radius 1 is 1.14 bits per heavy atom. The molecule has 0 radical (unpaired) electrons. The molecule has 2 aromatic carbocycles. The first kappa shape index (κ1) is 13.6. The minimum absolute atomic E-state index is 0.136. The molecular weight excluding hydrogens is 293 g/mol. The molecule has 0 saturated carbocycles. The topological polar surface area (TPSA) is 64.9 Å². The summed E-state index contributed by atoms with van der Waals surface area (Å²) in [6.07, 6.45) is 0.483. The van der Waals surface area contributed by atoms with Gasteiger partial charge in [-0.3, -0.25) is 0 Å². The highest BCUT2D eigenvalue weighted by molar-refractivity contribution is 6.30. The molecule has 3 rings (SSSR count). The first-order valence-electron chi connectivity index (χ1n) is 6.24. The van der Waals surface area contributed by atoms with Crippen LogP contribution >= 0.6 is 11.6 Å². The lowest BCUT2D eigenvalue weighted by atomic mass is 10.1. The predicted molar refractivity (Wildman–Crippen MR) is 78.4 cm³/mol. The van der Waals surface area contributed by atoms with Gasteiger partial charge in [-0.15, -0.1) is 0 Å². The number of aromatic nitrogens is 2. The molecule has 6 heteroatoms. The van der Waals surface area contributed by atoms with Crippen molar-refractivity contribution in [1.82, 2.24) is 10.1 Å². The maximum Gasteiger partial charge on any atom is 0.260 e. The third-order valence-electron chi connectivity index (χ3n) is 2.97. The van der Waals surface area contributed by atoms with Crippen molar-refractivity contribution >= 4 is 17.3 Å². The van der Waals surface area contributed by atoms with E-state index in [-0.39, 0.29) is 11.5 Å². The van der Waals surface area contributed by atoms with E-state index in [0.29, 0.717) is 23.0 Å². The van der Waals surface area contributed by atoms with Crippen molar-refractivity contribution in [2.24, 2.45) is 0 Å². The Labute approximate surface area is 125 Å². The Kier molecular flexibility index (Phi) is 3.58. The number of benzene rings is 2. The molecule has 3 aromatic rings. The van der Waals surface area contributed by atoms with Crippen molar-refractivity contribution in [3.05, 3.63) is 64.7 Å². The molecule has 0 spiro atoms. The van der Waals surface area contributed by atoms with Crippen molar-refractivity contribution in [2.75, 3.05) is 5.73 Å². The van der Waals surface area contributed by atoms with Crippen LogP contribution in [0, 0.1) is 5.82 Å². The van der Waals surface area contributed by atoms with Gasteiger partial charge < -0.3 is 10.3 Å². The number of halogens is 2. The predicted octanol–water partition coefficient (Wildman–Crippen LogP) is 3.70. The molecule has 1 heterocycles. The van der Waals surface area contributed by atoms with Gasteiger partial charge in [0.1, 0.15) is 5.82 Å². The lowest BCUT2D eigenvalue weighted by molar-refractivity contribution is 0.421. The molecule has 0 amide bonds. The quantitative estimate of drug-likeness (QED) is 0.749. The summed E-state index contributed by atoms with van der Waals surface area (Å²) >= 11 is 5.83. The Morgan fingerprint density at radius 2 is 1.90 bits per heavy atom. The van der Waals surface area contributed by atoms with Gasteiger partial charge in [-0.05, 0) is 35.9 Å². The Balaban J connectivity index is 1.84. The molecular formula is C15H11ClFN3O. The fraction of sp³-hybridized carbons (Fsp3) is 0.0667. The maximum absolute atomic E-state index is 13.8. The summed E-state index contributed by atoms with van der Waals surface area (Å²) in [5.41, 5.74) is 7.08. The molecule has 0 fully saturated rings. The second-order valence-corrected chi connectivity index (χ2v) is 4.99. The van der Waals surface area contributed by atoms with Crippen LogP contribution in [0.15, 0.2) is 47.0 Å². The summed E-state index contributed by atoms with van der Waals surface area (Å²) in [4.78, 5) is 4.20. The van der Waals surface area contributed by atoms with Crippen molar-refractivity contribution in [2.45, 2.75) is 6.42 Å². The number of anilines is 1. The monoisotopic (exact) mass is 303 g/mol. The van der Waals surface area contributed by atoms with Gasteiger partial charge in [0, 0.05) is 17.1 Å². The first-order valence-corrected chi connectivity index (χ1v) is 6.62. The molecule has 0 aliphatic heterocycles. The Morgan fingerprint density at radius 3 is 2.62 bits per heavy atom. The molecule has 0 aliphatic rings. The summed E-state index contributed by atoms with van der Waals surface area (Å²) in [6, 6.07) is 11.7. The van der Waals surface area contributed by atoms with E-state index in [1.165, 1.54) is 12.1 Å². The van der Waals surface area contributed by atoms with Crippen LogP contribution in [-0.4, -0.2) is 10.1 Å². The second kappa shape index (κ2) is 5.54. The maximum atomic E-state index is 13.8. The minimum atomic E-state index is -0.489. The zero-order valence-electron chi connectivity index (χ0n) is 10.9. The van der Waals surface area contributed by atoms with Crippen molar-refractivity contribution in [3.8, 4) is 11.5 Å². The van der Waals surface area contributed by atoms with Crippen LogP contribution in [0.5, 0.6) is 0 Å². The molecule has 0 atom stereocenters. The molecule has 0 aliphatic carbocycles. The lowest BCUT2D eigenvalue weighted by Crippen LogP contribution is -1.92. The highest BCUT2D eigenvalue weighted by Crippen LogP contribution is 2.23. The zero-order chi connectivity index (χ0) is 14.8. The van der Waals surface area contributed by atoms with E-state index >= 15 is 0 Å². The van der Waals surface area contributed by atoms with E-state index in [1.807, 2.05) is 12.1 Å². The Hall–Kier alpha value is -2.40. The highest BCUT2D eigenvalue weighted by Gasteiger charge is 2.13. The minimum Gasteiger partial charge on any atom is -0.399 e.